The van der Waals surface area contributed by atoms with Gasteiger partial charge >= 0.3 is 0 Å². The fourth-order valence-corrected chi connectivity index (χ4v) is 4.85. The second-order valence-corrected chi connectivity index (χ2v) is 8.74. The number of benzene rings is 3. The molecule has 0 unspecified atom stereocenters. The second-order valence-electron chi connectivity index (χ2n) is 7.26. The highest BCUT2D eigenvalue weighted by molar-refractivity contribution is 8.00. The van der Waals surface area contributed by atoms with Gasteiger partial charge in [-0.15, -0.1) is 11.8 Å². The summed E-state index contributed by atoms with van der Waals surface area (Å²) in [6.07, 6.45) is 0. The minimum Gasteiger partial charge on any atom is -0.322 e. The molecular weight excluding hydrogens is 450 g/mol. The van der Waals surface area contributed by atoms with Crippen LogP contribution in [0.3, 0.4) is 0 Å². The largest absolute Gasteiger partial charge is 0.322 e. The van der Waals surface area contributed by atoms with E-state index in [0.717, 1.165) is 22.9 Å². The zero-order valence-corrected chi connectivity index (χ0v) is 18.5. The average Bonchev–Trinajstić information content (AvgIpc) is 3.15. The number of non-ortho nitro benzene ring substituents is 1. The molecule has 4 rings (SSSR count). The van der Waals surface area contributed by atoms with E-state index >= 15 is 0 Å². The van der Waals surface area contributed by atoms with Gasteiger partial charge in [-0.2, -0.15) is 0 Å². The standard InChI is InChI=1S/C23H18ClN3O4S/c1-14-5-7-17(8-6-14)26-21(28)13-32-23(26)15-3-2-4-16(11-15)25-22(29)19-10-9-18(27(30)31)12-20(19)24/h2-12,23H,13H2,1H3,(H,25,29)/t23-/m0/s1. The van der Waals surface area contributed by atoms with Crippen LogP contribution in [0.25, 0.3) is 0 Å². The molecule has 0 saturated carbocycles. The van der Waals surface area contributed by atoms with Gasteiger partial charge in [-0.3, -0.25) is 24.6 Å². The summed E-state index contributed by atoms with van der Waals surface area (Å²) in [5.41, 5.74) is 3.28. The Hall–Kier alpha value is -3.36. The lowest BCUT2D eigenvalue weighted by molar-refractivity contribution is -0.384. The first-order chi connectivity index (χ1) is 15.3. The predicted molar refractivity (Wildman–Crippen MR) is 126 cm³/mol. The van der Waals surface area contributed by atoms with Crippen molar-refractivity contribution in [2.24, 2.45) is 0 Å². The highest BCUT2D eigenvalue weighted by Gasteiger charge is 2.34. The van der Waals surface area contributed by atoms with Crippen LogP contribution in [0.15, 0.2) is 66.7 Å². The fourth-order valence-electron chi connectivity index (χ4n) is 3.43. The van der Waals surface area contributed by atoms with Crippen molar-refractivity contribution in [2.45, 2.75) is 12.3 Å². The summed E-state index contributed by atoms with van der Waals surface area (Å²) in [5, 5.41) is 13.4. The van der Waals surface area contributed by atoms with Gasteiger partial charge in [0.1, 0.15) is 5.37 Å². The van der Waals surface area contributed by atoms with Crippen LogP contribution in [0.4, 0.5) is 17.1 Å². The van der Waals surface area contributed by atoms with Gasteiger partial charge in [-0.1, -0.05) is 41.4 Å². The van der Waals surface area contributed by atoms with Crippen molar-refractivity contribution in [1.82, 2.24) is 0 Å². The fraction of sp³-hybridized carbons (Fsp3) is 0.130. The summed E-state index contributed by atoms with van der Waals surface area (Å²) in [7, 11) is 0. The van der Waals surface area contributed by atoms with Crippen molar-refractivity contribution in [3.63, 3.8) is 0 Å². The number of nitrogens with zero attached hydrogens (tertiary/aromatic N) is 2. The molecular formula is C23H18ClN3O4S. The first-order valence-corrected chi connectivity index (χ1v) is 11.1. The molecule has 1 saturated heterocycles. The molecule has 0 radical (unpaired) electrons. The van der Waals surface area contributed by atoms with E-state index < -0.39 is 10.8 Å². The summed E-state index contributed by atoms with van der Waals surface area (Å²) >= 11 is 7.59. The number of halogens is 1. The maximum Gasteiger partial charge on any atom is 0.270 e. The molecule has 162 valence electrons. The Kier molecular flexibility index (Phi) is 6.16. The van der Waals surface area contributed by atoms with Gasteiger partial charge in [0.05, 0.1) is 21.3 Å². The molecule has 1 heterocycles. The molecule has 1 aliphatic heterocycles. The lowest BCUT2D eigenvalue weighted by Gasteiger charge is -2.25. The number of nitro benzene ring substituents is 1. The van der Waals surface area contributed by atoms with Crippen molar-refractivity contribution in [2.75, 3.05) is 16.0 Å². The number of carbonyl (C=O) groups is 2. The smallest absolute Gasteiger partial charge is 0.270 e. The summed E-state index contributed by atoms with van der Waals surface area (Å²) < 4.78 is 0. The van der Waals surface area contributed by atoms with Gasteiger partial charge in [-0.05, 0) is 42.8 Å². The Balaban J connectivity index is 1.57. The summed E-state index contributed by atoms with van der Waals surface area (Å²) in [6.45, 7) is 1.99. The zero-order chi connectivity index (χ0) is 22.8. The molecule has 2 amide bonds. The van der Waals surface area contributed by atoms with E-state index in [1.807, 2.05) is 43.3 Å². The molecule has 9 heteroatoms. The normalized spacial score (nSPS) is 15.6. The molecule has 1 aliphatic rings. The SMILES string of the molecule is Cc1ccc(N2C(=O)CS[C@H]2c2cccc(NC(=O)c3ccc([N+](=O)[O-])cc3Cl)c2)cc1. The maximum atomic E-state index is 12.7. The molecule has 3 aromatic rings. The number of thioether (sulfide) groups is 1. The van der Waals surface area contributed by atoms with E-state index in [4.69, 9.17) is 11.6 Å². The quantitative estimate of drug-likeness (QED) is 0.390. The highest BCUT2D eigenvalue weighted by atomic mass is 35.5. The van der Waals surface area contributed by atoms with Crippen LogP contribution in [0.2, 0.25) is 5.02 Å². The van der Waals surface area contributed by atoms with Crippen molar-refractivity contribution in [1.29, 1.82) is 0 Å². The number of nitro groups is 1. The minimum absolute atomic E-state index is 0.00431. The predicted octanol–water partition coefficient (Wildman–Crippen LogP) is 5.59. The Labute approximate surface area is 193 Å². The molecule has 3 aromatic carbocycles. The topological polar surface area (TPSA) is 92.6 Å². The number of anilines is 2. The van der Waals surface area contributed by atoms with Crippen LogP contribution in [0.5, 0.6) is 0 Å². The lowest BCUT2D eigenvalue weighted by atomic mass is 10.1. The number of carbonyl (C=O) groups excluding carboxylic acids is 2. The van der Waals surface area contributed by atoms with Gasteiger partial charge in [0.25, 0.3) is 11.6 Å². The Morgan fingerprint density at radius 2 is 1.91 bits per heavy atom. The first kappa shape index (κ1) is 21.9. The Bertz CT molecular complexity index is 1220. The van der Waals surface area contributed by atoms with Gasteiger partial charge in [0.2, 0.25) is 5.91 Å². The molecule has 0 spiro atoms. The van der Waals surface area contributed by atoms with E-state index in [-0.39, 0.29) is 27.6 Å². The van der Waals surface area contributed by atoms with Crippen LogP contribution in [-0.4, -0.2) is 22.5 Å². The van der Waals surface area contributed by atoms with Gasteiger partial charge in [0, 0.05) is 23.5 Å². The third-order valence-electron chi connectivity index (χ3n) is 5.02. The highest BCUT2D eigenvalue weighted by Crippen LogP contribution is 2.42. The van der Waals surface area contributed by atoms with E-state index in [0.29, 0.717) is 11.4 Å². The monoisotopic (exact) mass is 467 g/mol. The lowest BCUT2D eigenvalue weighted by Crippen LogP contribution is -2.27. The Morgan fingerprint density at radius 3 is 2.59 bits per heavy atom. The van der Waals surface area contributed by atoms with Crippen LogP contribution < -0.4 is 10.2 Å². The van der Waals surface area contributed by atoms with Crippen LogP contribution in [-0.2, 0) is 4.79 Å². The van der Waals surface area contributed by atoms with E-state index in [9.17, 15) is 19.7 Å². The van der Waals surface area contributed by atoms with Crippen LogP contribution >= 0.6 is 23.4 Å². The first-order valence-electron chi connectivity index (χ1n) is 9.69. The number of nitrogens with one attached hydrogen (secondary N) is 1. The third-order valence-corrected chi connectivity index (χ3v) is 6.54. The maximum absolute atomic E-state index is 12.7. The number of hydrogen-bond acceptors (Lipinski definition) is 5. The number of hydrogen-bond donors (Lipinski definition) is 1. The van der Waals surface area contributed by atoms with E-state index in [1.165, 1.54) is 23.9 Å². The van der Waals surface area contributed by atoms with Crippen molar-refractivity contribution < 1.29 is 14.5 Å². The molecule has 0 bridgehead atoms. The molecule has 1 N–H and O–H groups in total. The zero-order valence-electron chi connectivity index (χ0n) is 16.9. The van der Waals surface area contributed by atoms with Crippen molar-refractivity contribution >= 4 is 52.2 Å². The van der Waals surface area contributed by atoms with E-state index in [1.54, 1.807) is 17.0 Å². The van der Waals surface area contributed by atoms with E-state index in [2.05, 4.69) is 5.32 Å². The third kappa shape index (κ3) is 4.46. The molecule has 1 fully saturated rings. The second kappa shape index (κ2) is 9.02. The number of aryl methyl sites for hydroxylation is 1. The summed E-state index contributed by atoms with van der Waals surface area (Å²) in [5.74, 6) is -0.0865. The number of amides is 2. The summed E-state index contributed by atoms with van der Waals surface area (Å²) in [4.78, 5) is 37.3. The van der Waals surface area contributed by atoms with Crippen molar-refractivity contribution in [3.05, 3.63) is 98.6 Å². The van der Waals surface area contributed by atoms with Gasteiger partial charge in [-0.25, -0.2) is 0 Å². The summed E-state index contributed by atoms with van der Waals surface area (Å²) in [6, 6.07) is 18.7. The van der Waals surface area contributed by atoms with Crippen LogP contribution in [0, 0.1) is 17.0 Å². The molecule has 1 atom stereocenters. The molecule has 0 aromatic heterocycles. The number of rotatable bonds is 5. The minimum atomic E-state index is -0.572. The molecule has 7 nitrogen and oxygen atoms in total. The van der Waals surface area contributed by atoms with Gasteiger partial charge < -0.3 is 5.32 Å². The average molecular weight is 468 g/mol. The van der Waals surface area contributed by atoms with Crippen LogP contribution in [0.1, 0.15) is 26.9 Å². The molecule has 32 heavy (non-hydrogen) atoms. The van der Waals surface area contributed by atoms with Crippen molar-refractivity contribution in [3.8, 4) is 0 Å². The molecule has 0 aliphatic carbocycles. The Morgan fingerprint density at radius 1 is 1.16 bits per heavy atom. The van der Waals surface area contributed by atoms with Gasteiger partial charge in [0.15, 0.2) is 0 Å².